The van der Waals surface area contributed by atoms with Crippen LogP contribution in [0.1, 0.15) is 27.9 Å². The van der Waals surface area contributed by atoms with Crippen LogP contribution in [0.3, 0.4) is 0 Å². The van der Waals surface area contributed by atoms with Crippen LogP contribution in [0.5, 0.6) is 0 Å². The highest BCUT2D eigenvalue weighted by Gasteiger charge is 2.11. The van der Waals surface area contributed by atoms with Gasteiger partial charge >= 0.3 is 0 Å². The molecule has 18 heavy (non-hydrogen) atoms. The lowest BCUT2D eigenvalue weighted by Crippen LogP contribution is -2.33. The molecule has 5 heteroatoms. The molecule has 98 valence electrons. The summed E-state index contributed by atoms with van der Waals surface area (Å²) in [7, 11) is 0. The largest absolute Gasteiger partial charge is 0.395 e. The molecule has 3 nitrogen and oxygen atoms in total. The van der Waals surface area contributed by atoms with Crippen molar-refractivity contribution in [2.45, 2.75) is 19.4 Å². The van der Waals surface area contributed by atoms with Crippen LogP contribution in [0, 0.1) is 11.8 Å². The van der Waals surface area contributed by atoms with E-state index in [0.29, 0.717) is 11.3 Å². The fourth-order valence-corrected chi connectivity index (χ4v) is 2.69. The summed E-state index contributed by atoms with van der Waals surface area (Å²) >= 11 is 3.09. The molecule has 0 fully saturated rings. The Labute approximate surface area is 116 Å². The average molecular weight is 283 g/mol. The molecule has 1 amide bonds. The van der Waals surface area contributed by atoms with Gasteiger partial charge in [0.2, 0.25) is 0 Å². The maximum atomic E-state index is 11.9. The number of amides is 1. The third-order valence-electron chi connectivity index (χ3n) is 2.07. The zero-order chi connectivity index (χ0) is 13.4. The van der Waals surface area contributed by atoms with E-state index in [4.69, 9.17) is 5.11 Å². The van der Waals surface area contributed by atoms with Crippen molar-refractivity contribution in [2.24, 2.45) is 0 Å². The minimum Gasteiger partial charge on any atom is -0.395 e. The van der Waals surface area contributed by atoms with Crippen molar-refractivity contribution >= 4 is 29.0 Å². The molecule has 0 bridgehead atoms. The molecule has 0 spiro atoms. The zero-order valence-electron chi connectivity index (χ0n) is 10.5. The molecule has 1 aromatic rings. The van der Waals surface area contributed by atoms with Gasteiger partial charge in [-0.05, 0) is 25.3 Å². The summed E-state index contributed by atoms with van der Waals surface area (Å²) in [6.07, 6.45) is 2.48. The second kappa shape index (κ2) is 8.20. The third-order valence-corrected chi connectivity index (χ3v) is 3.91. The number of aliphatic hydroxyl groups is 1. The number of carbonyl (C=O) groups is 1. The van der Waals surface area contributed by atoms with Crippen molar-refractivity contribution in [3.8, 4) is 11.8 Å². The summed E-state index contributed by atoms with van der Waals surface area (Å²) in [6.45, 7) is 2.06. The first-order chi connectivity index (χ1) is 8.67. The maximum absolute atomic E-state index is 11.9. The number of nitrogens with one attached hydrogen (secondary N) is 1. The van der Waals surface area contributed by atoms with E-state index in [0.717, 1.165) is 10.6 Å². The molecule has 1 aromatic heterocycles. The molecule has 0 radical (unpaired) electrons. The third kappa shape index (κ3) is 5.13. The van der Waals surface area contributed by atoms with Gasteiger partial charge in [0, 0.05) is 18.2 Å². The van der Waals surface area contributed by atoms with Gasteiger partial charge in [0.15, 0.2) is 0 Å². The normalized spacial score (nSPS) is 11.5. The molecule has 1 rings (SSSR count). The van der Waals surface area contributed by atoms with Crippen LogP contribution < -0.4 is 5.32 Å². The first-order valence-corrected chi connectivity index (χ1v) is 7.87. The van der Waals surface area contributed by atoms with Crippen molar-refractivity contribution in [3.63, 3.8) is 0 Å². The fraction of sp³-hybridized carbons (Fsp3) is 0.462. The summed E-state index contributed by atoms with van der Waals surface area (Å²) < 4.78 is 0. The van der Waals surface area contributed by atoms with Gasteiger partial charge in [0.25, 0.3) is 5.91 Å². The van der Waals surface area contributed by atoms with Crippen LogP contribution in [0.25, 0.3) is 0 Å². The molecule has 0 aliphatic rings. The molecular formula is C13H17NO2S2. The molecule has 1 atom stereocenters. The van der Waals surface area contributed by atoms with Crippen LogP contribution in [-0.2, 0) is 0 Å². The summed E-state index contributed by atoms with van der Waals surface area (Å²) in [5, 5.41) is 11.6. The van der Waals surface area contributed by atoms with Gasteiger partial charge in [-0.2, -0.15) is 11.8 Å². The number of carbonyl (C=O) groups excluding carboxylic acids is 1. The maximum Gasteiger partial charge on any atom is 0.261 e. The molecule has 0 saturated heterocycles. The van der Waals surface area contributed by atoms with Crippen LogP contribution in [0.2, 0.25) is 0 Å². The van der Waals surface area contributed by atoms with Crippen molar-refractivity contribution in [3.05, 3.63) is 21.9 Å². The number of hydrogen-bond donors (Lipinski definition) is 2. The Morgan fingerprint density at radius 3 is 3.06 bits per heavy atom. The molecule has 1 unspecified atom stereocenters. The second-order valence-corrected chi connectivity index (χ2v) is 5.76. The van der Waals surface area contributed by atoms with E-state index in [2.05, 4.69) is 17.2 Å². The van der Waals surface area contributed by atoms with E-state index in [1.165, 1.54) is 11.3 Å². The minimum absolute atomic E-state index is 0.0447. The van der Waals surface area contributed by atoms with Gasteiger partial charge in [-0.15, -0.1) is 11.3 Å². The van der Waals surface area contributed by atoms with Gasteiger partial charge < -0.3 is 10.4 Å². The van der Waals surface area contributed by atoms with E-state index in [9.17, 15) is 4.79 Å². The topological polar surface area (TPSA) is 49.3 Å². The van der Waals surface area contributed by atoms with E-state index < -0.39 is 0 Å². The smallest absolute Gasteiger partial charge is 0.261 e. The molecule has 0 aliphatic carbocycles. The van der Waals surface area contributed by atoms with E-state index in [1.807, 2.05) is 19.2 Å². The number of rotatable bonds is 5. The predicted octanol–water partition coefficient (Wildman–Crippen LogP) is 1.96. The predicted molar refractivity (Wildman–Crippen MR) is 78.2 cm³/mol. The van der Waals surface area contributed by atoms with Crippen molar-refractivity contribution in [2.75, 3.05) is 18.6 Å². The molecule has 1 heterocycles. The lowest BCUT2D eigenvalue weighted by Gasteiger charge is -2.10. The molecule has 2 N–H and O–H groups in total. The van der Waals surface area contributed by atoms with E-state index in [1.54, 1.807) is 17.8 Å². The summed E-state index contributed by atoms with van der Waals surface area (Å²) in [6, 6.07) is 3.79. The van der Waals surface area contributed by atoms with Crippen LogP contribution in [0.4, 0.5) is 0 Å². The number of thioether (sulfide) groups is 1. The van der Waals surface area contributed by atoms with Gasteiger partial charge in [0.05, 0.1) is 16.4 Å². The molecular weight excluding hydrogens is 266 g/mol. The Hall–Kier alpha value is -0.960. The quantitative estimate of drug-likeness (QED) is 0.812. The van der Waals surface area contributed by atoms with Crippen LogP contribution >= 0.6 is 23.1 Å². The summed E-state index contributed by atoms with van der Waals surface area (Å²) in [5.41, 5.74) is 0. The standard InChI is InChI=1S/C13H17NO2S2/c1-10(9-17-2)14-13(16)12-7-6-11(18-12)5-3-4-8-15/h6-7,10,15H,4,8-9H2,1-2H3,(H,14,16). The zero-order valence-corrected chi connectivity index (χ0v) is 12.2. The second-order valence-electron chi connectivity index (χ2n) is 3.77. The van der Waals surface area contributed by atoms with E-state index >= 15 is 0 Å². The highest BCUT2D eigenvalue weighted by atomic mass is 32.2. The van der Waals surface area contributed by atoms with Gasteiger partial charge in [-0.1, -0.05) is 11.8 Å². The van der Waals surface area contributed by atoms with Gasteiger partial charge in [-0.3, -0.25) is 4.79 Å². The SMILES string of the molecule is CSCC(C)NC(=O)c1ccc(C#CCCO)s1. The number of aliphatic hydroxyl groups excluding tert-OH is 1. The van der Waals surface area contributed by atoms with E-state index in [-0.39, 0.29) is 18.6 Å². The van der Waals surface area contributed by atoms with Crippen LogP contribution in [-0.4, -0.2) is 35.7 Å². The monoisotopic (exact) mass is 283 g/mol. The lowest BCUT2D eigenvalue weighted by molar-refractivity contribution is 0.0948. The van der Waals surface area contributed by atoms with Crippen molar-refractivity contribution in [1.29, 1.82) is 0 Å². The molecule has 0 aromatic carbocycles. The van der Waals surface area contributed by atoms with Crippen molar-refractivity contribution < 1.29 is 9.90 Å². The minimum atomic E-state index is -0.0447. The highest BCUT2D eigenvalue weighted by Crippen LogP contribution is 2.15. The first kappa shape index (κ1) is 15.1. The lowest BCUT2D eigenvalue weighted by atomic mass is 10.3. The first-order valence-electron chi connectivity index (χ1n) is 5.66. The number of thiophene rings is 1. The highest BCUT2D eigenvalue weighted by molar-refractivity contribution is 7.98. The van der Waals surface area contributed by atoms with Crippen molar-refractivity contribution in [1.82, 2.24) is 5.32 Å². The van der Waals surface area contributed by atoms with Gasteiger partial charge in [0.1, 0.15) is 0 Å². The van der Waals surface area contributed by atoms with Crippen LogP contribution in [0.15, 0.2) is 12.1 Å². The number of hydrogen-bond acceptors (Lipinski definition) is 4. The Balaban J connectivity index is 2.57. The average Bonchev–Trinajstić information content (AvgIpc) is 2.78. The Morgan fingerprint density at radius 1 is 1.61 bits per heavy atom. The summed E-state index contributed by atoms with van der Waals surface area (Å²) in [5.74, 6) is 6.62. The Bertz CT molecular complexity index is 445. The fourth-order valence-electron chi connectivity index (χ4n) is 1.32. The summed E-state index contributed by atoms with van der Waals surface area (Å²) in [4.78, 5) is 13.4. The molecule has 0 saturated carbocycles. The Morgan fingerprint density at radius 2 is 2.39 bits per heavy atom. The molecule has 0 aliphatic heterocycles. The van der Waals surface area contributed by atoms with Gasteiger partial charge in [-0.25, -0.2) is 0 Å². The Kier molecular flexibility index (Phi) is 6.88.